The Balaban J connectivity index is 2.17. The van der Waals surface area contributed by atoms with E-state index in [9.17, 15) is 9.18 Å². The van der Waals surface area contributed by atoms with Crippen LogP contribution in [0.25, 0.3) is 0 Å². The highest BCUT2D eigenvalue weighted by atomic mass is 32.1. The summed E-state index contributed by atoms with van der Waals surface area (Å²) in [6.07, 6.45) is 0. The Morgan fingerprint density at radius 1 is 1.38 bits per heavy atom. The zero-order chi connectivity index (χ0) is 15.2. The van der Waals surface area contributed by atoms with Gasteiger partial charge in [0, 0.05) is 11.8 Å². The molecule has 1 heterocycles. The number of aromatic nitrogens is 1. The van der Waals surface area contributed by atoms with Crippen LogP contribution in [0.1, 0.15) is 24.3 Å². The summed E-state index contributed by atoms with van der Waals surface area (Å²) in [5.74, 6) is -0.783. The number of anilines is 2. The van der Waals surface area contributed by atoms with Crippen molar-refractivity contribution in [1.82, 2.24) is 4.98 Å². The van der Waals surface area contributed by atoms with E-state index in [-0.39, 0.29) is 18.1 Å². The molecule has 21 heavy (non-hydrogen) atoms. The molecule has 2 rings (SSSR count). The summed E-state index contributed by atoms with van der Waals surface area (Å²) in [5.41, 5.74) is 2.22. The Labute approximate surface area is 125 Å². The number of ether oxygens (including phenoxy) is 2. The lowest BCUT2D eigenvalue weighted by atomic mass is 10.3. The maximum Gasteiger partial charge on any atom is 0.360 e. The molecule has 0 bridgehead atoms. The number of nitrogens with zero attached hydrogens (tertiary/aromatic N) is 1. The number of hydrogen-bond donors (Lipinski definition) is 1. The second-order valence-corrected chi connectivity index (χ2v) is 4.81. The highest BCUT2D eigenvalue weighted by Gasteiger charge is 2.16. The lowest BCUT2D eigenvalue weighted by molar-refractivity contribution is 0.0521. The topological polar surface area (TPSA) is 60.5 Å². The molecule has 0 aliphatic rings. The van der Waals surface area contributed by atoms with Crippen LogP contribution in [0.3, 0.4) is 0 Å². The molecule has 0 amide bonds. The Morgan fingerprint density at radius 3 is 2.86 bits per heavy atom. The van der Waals surface area contributed by atoms with Gasteiger partial charge in [0.2, 0.25) is 0 Å². The number of benzene rings is 1. The largest absolute Gasteiger partial charge is 0.491 e. The molecule has 112 valence electrons. The molecule has 5 nitrogen and oxygen atoms in total. The molecule has 0 saturated heterocycles. The van der Waals surface area contributed by atoms with Crippen LogP contribution in [0.5, 0.6) is 5.75 Å². The van der Waals surface area contributed by atoms with Crippen molar-refractivity contribution in [2.45, 2.75) is 13.8 Å². The predicted octanol–water partition coefficient (Wildman–Crippen LogP) is 3.60. The minimum atomic E-state index is -0.507. The Bertz CT molecular complexity index is 630. The highest BCUT2D eigenvalue weighted by Crippen LogP contribution is 2.28. The number of hydrogen-bond acceptors (Lipinski definition) is 6. The van der Waals surface area contributed by atoms with E-state index >= 15 is 0 Å². The number of thiazole rings is 1. The van der Waals surface area contributed by atoms with Crippen LogP contribution < -0.4 is 10.1 Å². The number of nitrogens with one attached hydrogen (secondary N) is 1. The zero-order valence-corrected chi connectivity index (χ0v) is 12.5. The summed E-state index contributed by atoms with van der Waals surface area (Å²) in [7, 11) is 0. The first-order chi connectivity index (χ1) is 10.2. The summed E-state index contributed by atoms with van der Waals surface area (Å²) in [4.78, 5) is 15.7. The van der Waals surface area contributed by atoms with E-state index in [4.69, 9.17) is 9.47 Å². The van der Waals surface area contributed by atoms with Gasteiger partial charge in [-0.3, -0.25) is 0 Å². The molecule has 0 fully saturated rings. The summed E-state index contributed by atoms with van der Waals surface area (Å²) in [5, 5.41) is 3.47. The first kappa shape index (κ1) is 15.2. The molecule has 1 N–H and O–H groups in total. The van der Waals surface area contributed by atoms with Crippen molar-refractivity contribution in [3.8, 4) is 5.75 Å². The molecule has 0 saturated carbocycles. The quantitative estimate of drug-likeness (QED) is 0.826. The molecule has 0 aliphatic heterocycles. The van der Waals surface area contributed by atoms with Gasteiger partial charge in [0.15, 0.2) is 17.3 Å². The molecule has 0 spiro atoms. The Kier molecular flexibility index (Phi) is 5.10. The van der Waals surface area contributed by atoms with Crippen LogP contribution in [0, 0.1) is 5.82 Å². The van der Waals surface area contributed by atoms with Gasteiger partial charge in [-0.2, -0.15) is 0 Å². The molecule has 0 aliphatic carbocycles. The Morgan fingerprint density at radius 2 is 2.19 bits per heavy atom. The van der Waals surface area contributed by atoms with Gasteiger partial charge in [-0.15, -0.1) is 11.3 Å². The van der Waals surface area contributed by atoms with Crippen LogP contribution in [0.15, 0.2) is 23.7 Å². The molecule has 1 aromatic heterocycles. The molecular weight excluding hydrogens is 295 g/mol. The minimum absolute atomic E-state index is 0.191. The molecule has 0 radical (unpaired) electrons. The second kappa shape index (κ2) is 7.03. The van der Waals surface area contributed by atoms with Crippen molar-refractivity contribution in [2.24, 2.45) is 0 Å². The van der Waals surface area contributed by atoms with Crippen LogP contribution >= 0.6 is 11.3 Å². The van der Waals surface area contributed by atoms with Crippen molar-refractivity contribution in [3.63, 3.8) is 0 Å². The molecule has 2 aromatic rings. The molecule has 0 unspecified atom stereocenters. The molecular formula is C14H15FN2O3S. The smallest absolute Gasteiger partial charge is 0.360 e. The first-order valence-electron chi connectivity index (χ1n) is 6.45. The summed E-state index contributed by atoms with van der Waals surface area (Å²) in [6.45, 7) is 4.17. The van der Waals surface area contributed by atoms with Gasteiger partial charge in [0.1, 0.15) is 5.00 Å². The van der Waals surface area contributed by atoms with E-state index in [0.717, 1.165) is 0 Å². The number of esters is 1. The lowest BCUT2D eigenvalue weighted by Crippen LogP contribution is -2.07. The highest BCUT2D eigenvalue weighted by molar-refractivity contribution is 7.14. The van der Waals surface area contributed by atoms with Crippen LogP contribution in [0.2, 0.25) is 0 Å². The lowest BCUT2D eigenvalue weighted by Gasteiger charge is -2.09. The van der Waals surface area contributed by atoms with Crippen LogP contribution in [0.4, 0.5) is 15.1 Å². The van der Waals surface area contributed by atoms with E-state index in [1.807, 2.05) is 0 Å². The SMILES string of the molecule is CCOC(=O)c1ncsc1Nc1ccc(OCC)c(F)c1. The predicted molar refractivity (Wildman–Crippen MR) is 78.9 cm³/mol. The van der Waals surface area contributed by atoms with E-state index in [1.54, 1.807) is 19.9 Å². The number of halogens is 1. The van der Waals surface area contributed by atoms with Gasteiger partial charge in [-0.05, 0) is 26.0 Å². The van der Waals surface area contributed by atoms with E-state index in [2.05, 4.69) is 10.3 Å². The monoisotopic (exact) mass is 310 g/mol. The third-order valence-corrected chi connectivity index (χ3v) is 3.27. The van der Waals surface area contributed by atoms with E-state index < -0.39 is 11.8 Å². The summed E-state index contributed by atoms with van der Waals surface area (Å²) >= 11 is 1.24. The normalized spacial score (nSPS) is 10.2. The number of carbonyl (C=O) groups excluding carboxylic acids is 1. The van der Waals surface area contributed by atoms with Crippen molar-refractivity contribution >= 4 is 28.0 Å². The van der Waals surface area contributed by atoms with E-state index in [1.165, 1.54) is 29.0 Å². The summed E-state index contributed by atoms with van der Waals surface area (Å²) in [6, 6.07) is 4.51. The van der Waals surface area contributed by atoms with Crippen LogP contribution in [-0.2, 0) is 4.74 Å². The zero-order valence-electron chi connectivity index (χ0n) is 11.7. The summed E-state index contributed by atoms with van der Waals surface area (Å²) < 4.78 is 23.8. The molecule has 1 aromatic carbocycles. The third kappa shape index (κ3) is 3.69. The second-order valence-electron chi connectivity index (χ2n) is 3.95. The number of rotatable bonds is 6. The fourth-order valence-electron chi connectivity index (χ4n) is 1.66. The van der Waals surface area contributed by atoms with Gasteiger partial charge in [-0.1, -0.05) is 0 Å². The fraction of sp³-hybridized carbons (Fsp3) is 0.286. The van der Waals surface area contributed by atoms with Gasteiger partial charge in [0.25, 0.3) is 0 Å². The first-order valence-corrected chi connectivity index (χ1v) is 7.33. The average molecular weight is 310 g/mol. The third-order valence-electron chi connectivity index (χ3n) is 2.53. The van der Waals surface area contributed by atoms with Crippen LogP contribution in [-0.4, -0.2) is 24.2 Å². The van der Waals surface area contributed by atoms with E-state index in [0.29, 0.717) is 17.3 Å². The van der Waals surface area contributed by atoms with Crippen molar-refractivity contribution in [1.29, 1.82) is 0 Å². The van der Waals surface area contributed by atoms with Crippen molar-refractivity contribution < 1.29 is 18.7 Å². The van der Waals surface area contributed by atoms with Gasteiger partial charge in [0.05, 0.1) is 18.7 Å². The Hall–Kier alpha value is -2.15. The standard InChI is InChI=1S/C14H15FN2O3S/c1-3-19-11-6-5-9(7-10(11)15)17-13-12(16-8-21-13)14(18)20-4-2/h5-8,17H,3-4H2,1-2H3. The minimum Gasteiger partial charge on any atom is -0.491 e. The molecule has 0 atom stereocenters. The molecule has 7 heteroatoms. The maximum atomic E-state index is 13.8. The maximum absolute atomic E-state index is 13.8. The fourth-order valence-corrected chi connectivity index (χ4v) is 2.35. The average Bonchev–Trinajstić information content (AvgIpc) is 2.90. The van der Waals surface area contributed by atoms with Crippen molar-refractivity contribution in [3.05, 3.63) is 35.2 Å². The van der Waals surface area contributed by atoms with Gasteiger partial charge >= 0.3 is 5.97 Å². The number of carbonyl (C=O) groups is 1. The van der Waals surface area contributed by atoms with Crippen molar-refractivity contribution in [2.75, 3.05) is 18.5 Å². The van der Waals surface area contributed by atoms with Gasteiger partial charge < -0.3 is 14.8 Å². The van der Waals surface area contributed by atoms with Gasteiger partial charge in [-0.25, -0.2) is 14.2 Å².